The molecule has 3 heteroatoms. The summed E-state index contributed by atoms with van der Waals surface area (Å²) in [6, 6.07) is 0. The molecule has 0 aliphatic heterocycles. The standard InChI is InChI=1S/C9H14F2O/c1-3-4-5-8(7(2)12)6-9(10)11/h6,8H,3-5H2,1-2H3. The first-order valence-electron chi connectivity index (χ1n) is 4.11. The zero-order chi connectivity index (χ0) is 9.56. The van der Waals surface area contributed by atoms with Crippen LogP contribution in [-0.2, 0) is 4.79 Å². The average molecular weight is 176 g/mol. The molecule has 0 spiro atoms. The molecule has 0 radical (unpaired) electrons. The van der Waals surface area contributed by atoms with Gasteiger partial charge in [0.15, 0.2) is 0 Å². The number of carbonyl (C=O) groups is 1. The van der Waals surface area contributed by atoms with E-state index in [1.54, 1.807) is 0 Å². The van der Waals surface area contributed by atoms with E-state index in [4.69, 9.17) is 0 Å². The quantitative estimate of drug-likeness (QED) is 0.628. The highest BCUT2D eigenvalue weighted by molar-refractivity contribution is 5.79. The molecule has 70 valence electrons. The van der Waals surface area contributed by atoms with Gasteiger partial charge in [0.2, 0.25) is 0 Å². The summed E-state index contributed by atoms with van der Waals surface area (Å²) in [6.07, 6.45) is 1.26. The normalized spacial score (nSPS) is 12.3. The van der Waals surface area contributed by atoms with Gasteiger partial charge < -0.3 is 0 Å². The lowest BCUT2D eigenvalue weighted by atomic mass is 9.98. The number of ketones is 1. The summed E-state index contributed by atoms with van der Waals surface area (Å²) in [6.45, 7) is 3.31. The molecule has 0 bridgehead atoms. The monoisotopic (exact) mass is 176 g/mol. The number of carbonyl (C=O) groups excluding carboxylic acids is 1. The van der Waals surface area contributed by atoms with Crippen molar-refractivity contribution in [3.63, 3.8) is 0 Å². The Morgan fingerprint density at radius 2 is 2.08 bits per heavy atom. The molecule has 1 atom stereocenters. The van der Waals surface area contributed by atoms with Gasteiger partial charge in [-0.05, 0) is 19.4 Å². The van der Waals surface area contributed by atoms with Gasteiger partial charge in [-0.25, -0.2) is 0 Å². The Morgan fingerprint density at radius 1 is 1.50 bits per heavy atom. The van der Waals surface area contributed by atoms with E-state index in [-0.39, 0.29) is 5.78 Å². The van der Waals surface area contributed by atoms with Crippen LogP contribution in [-0.4, -0.2) is 5.78 Å². The molecule has 0 heterocycles. The molecule has 0 aliphatic carbocycles. The molecule has 12 heavy (non-hydrogen) atoms. The minimum atomic E-state index is -1.76. The van der Waals surface area contributed by atoms with Crippen LogP contribution in [0.2, 0.25) is 0 Å². The third-order valence-electron chi connectivity index (χ3n) is 1.72. The molecular formula is C9H14F2O. The minimum Gasteiger partial charge on any atom is -0.299 e. The van der Waals surface area contributed by atoms with E-state index in [0.29, 0.717) is 6.42 Å². The van der Waals surface area contributed by atoms with Crippen molar-refractivity contribution in [2.24, 2.45) is 5.92 Å². The van der Waals surface area contributed by atoms with Crippen LogP contribution < -0.4 is 0 Å². The molecule has 1 unspecified atom stereocenters. The Kier molecular flexibility index (Phi) is 5.51. The fourth-order valence-corrected chi connectivity index (χ4v) is 0.980. The van der Waals surface area contributed by atoms with Crippen molar-refractivity contribution in [3.8, 4) is 0 Å². The highest BCUT2D eigenvalue weighted by Gasteiger charge is 2.11. The van der Waals surface area contributed by atoms with Crippen molar-refractivity contribution in [1.29, 1.82) is 0 Å². The number of unbranched alkanes of at least 4 members (excludes halogenated alkanes) is 1. The molecule has 0 saturated heterocycles. The predicted octanol–water partition coefficient (Wildman–Crippen LogP) is 3.16. The first kappa shape index (κ1) is 11.3. The van der Waals surface area contributed by atoms with E-state index in [0.717, 1.165) is 18.9 Å². The highest BCUT2D eigenvalue weighted by atomic mass is 19.3. The first-order chi connectivity index (χ1) is 5.57. The number of allylic oxidation sites excluding steroid dienone is 1. The third kappa shape index (κ3) is 4.99. The second-order valence-corrected chi connectivity index (χ2v) is 2.82. The van der Waals surface area contributed by atoms with Crippen molar-refractivity contribution in [3.05, 3.63) is 12.2 Å². The van der Waals surface area contributed by atoms with Crippen molar-refractivity contribution in [1.82, 2.24) is 0 Å². The van der Waals surface area contributed by atoms with Gasteiger partial charge in [0.05, 0.1) is 0 Å². The van der Waals surface area contributed by atoms with Gasteiger partial charge in [-0.15, -0.1) is 0 Å². The van der Waals surface area contributed by atoms with Crippen LogP contribution in [0.15, 0.2) is 12.2 Å². The van der Waals surface area contributed by atoms with Crippen LogP contribution in [0.5, 0.6) is 0 Å². The topological polar surface area (TPSA) is 17.1 Å². The van der Waals surface area contributed by atoms with Crippen LogP contribution in [0, 0.1) is 5.92 Å². The second kappa shape index (κ2) is 5.86. The molecule has 0 amide bonds. The summed E-state index contributed by atoms with van der Waals surface area (Å²) < 4.78 is 23.6. The molecular weight excluding hydrogens is 162 g/mol. The number of hydrogen-bond acceptors (Lipinski definition) is 1. The number of rotatable bonds is 5. The Balaban J connectivity index is 4.05. The van der Waals surface area contributed by atoms with E-state index >= 15 is 0 Å². The Morgan fingerprint density at radius 3 is 2.42 bits per heavy atom. The van der Waals surface area contributed by atoms with Crippen LogP contribution in [0.25, 0.3) is 0 Å². The maximum Gasteiger partial charge on any atom is 0.267 e. The van der Waals surface area contributed by atoms with E-state index in [9.17, 15) is 13.6 Å². The fourth-order valence-electron chi connectivity index (χ4n) is 0.980. The zero-order valence-corrected chi connectivity index (χ0v) is 7.44. The molecule has 0 saturated carbocycles. The van der Waals surface area contributed by atoms with Gasteiger partial charge in [0.1, 0.15) is 5.78 Å². The van der Waals surface area contributed by atoms with E-state index < -0.39 is 12.0 Å². The van der Waals surface area contributed by atoms with Gasteiger partial charge in [0.25, 0.3) is 6.08 Å². The Hall–Kier alpha value is -0.730. The molecule has 0 aliphatic rings. The molecule has 0 rings (SSSR count). The molecule has 0 aromatic carbocycles. The van der Waals surface area contributed by atoms with Gasteiger partial charge in [-0.3, -0.25) is 4.79 Å². The predicted molar refractivity (Wildman–Crippen MR) is 44.0 cm³/mol. The van der Waals surface area contributed by atoms with Crippen LogP contribution in [0.3, 0.4) is 0 Å². The SMILES string of the molecule is CCCCC(C=C(F)F)C(C)=O. The van der Waals surface area contributed by atoms with Gasteiger partial charge in [-0.2, -0.15) is 8.78 Å². The van der Waals surface area contributed by atoms with Gasteiger partial charge in [0, 0.05) is 5.92 Å². The molecule has 0 fully saturated rings. The van der Waals surface area contributed by atoms with Crippen molar-refractivity contribution in [2.75, 3.05) is 0 Å². The van der Waals surface area contributed by atoms with Gasteiger partial charge in [-0.1, -0.05) is 19.8 Å². The highest BCUT2D eigenvalue weighted by Crippen LogP contribution is 2.14. The van der Waals surface area contributed by atoms with Crippen molar-refractivity contribution >= 4 is 5.78 Å². The molecule has 0 aromatic heterocycles. The lowest BCUT2D eigenvalue weighted by molar-refractivity contribution is -0.119. The summed E-state index contributed by atoms with van der Waals surface area (Å²) in [4.78, 5) is 10.8. The molecule has 0 aromatic rings. The Labute approximate surface area is 71.5 Å². The summed E-state index contributed by atoms with van der Waals surface area (Å²) in [5.74, 6) is -0.772. The maximum absolute atomic E-state index is 11.8. The lowest BCUT2D eigenvalue weighted by Crippen LogP contribution is -2.07. The first-order valence-corrected chi connectivity index (χ1v) is 4.11. The Bertz CT molecular complexity index is 171. The maximum atomic E-state index is 11.8. The van der Waals surface area contributed by atoms with Crippen LogP contribution >= 0.6 is 0 Å². The summed E-state index contributed by atoms with van der Waals surface area (Å²) >= 11 is 0. The van der Waals surface area contributed by atoms with Crippen LogP contribution in [0.1, 0.15) is 33.1 Å². The van der Waals surface area contributed by atoms with Crippen LogP contribution in [0.4, 0.5) is 8.78 Å². The summed E-state index contributed by atoms with van der Waals surface area (Å²) in [7, 11) is 0. The van der Waals surface area contributed by atoms with Gasteiger partial charge >= 0.3 is 0 Å². The summed E-state index contributed by atoms with van der Waals surface area (Å²) in [5, 5.41) is 0. The third-order valence-corrected chi connectivity index (χ3v) is 1.72. The molecule has 0 N–H and O–H groups in total. The van der Waals surface area contributed by atoms with E-state index in [1.165, 1.54) is 6.92 Å². The minimum absolute atomic E-state index is 0.184. The number of Topliss-reactive ketones (excluding diaryl/α,β-unsaturated/α-hetero) is 1. The number of hydrogen-bond donors (Lipinski definition) is 0. The zero-order valence-electron chi connectivity index (χ0n) is 7.44. The smallest absolute Gasteiger partial charge is 0.267 e. The average Bonchev–Trinajstić information content (AvgIpc) is 1.96. The van der Waals surface area contributed by atoms with Crippen molar-refractivity contribution in [2.45, 2.75) is 33.1 Å². The molecule has 1 nitrogen and oxygen atoms in total. The van der Waals surface area contributed by atoms with E-state index in [2.05, 4.69) is 0 Å². The largest absolute Gasteiger partial charge is 0.299 e. The van der Waals surface area contributed by atoms with E-state index in [1.807, 2.05) is 6.92 Å². The summed E-state index contributed by atoms with van der Waals surface area (Å²) in [5.41, 5.74) is 0. The second-order valence-electron chi connectivity index (χ2n) is 2.82. The fraction of sp³-hybridized carbons (Fsp3) is 0.667. The van der Waals surface area contributed by atoms with Crippen molar-refractivity contribution < 1.29 is 13.6 Å². The lowest BCUT2D eigenvalue weighted by Gasteiger charge is -2.06. The number of halogens is 2.